The molecule has 5 aromatic heterocycles. The van der Waals surface area contributed by atoms with Gasteiger partial charge in [0, 0.05) is 51.8 Å². The van der Waals surface area contributed by atoms with Gasteiger partial charge >= 0.3 is 0 Å². The van der Waals surface area contributed by atoms with Gasteiger partial charge in [0.1, 0.15) is 22.8 Å². The van der Waals surface area contributed by atoms with E-state index in [-0.39, 0.29) is 0 Å². The van der Waals surface area contributed by atoms with Crippen molar-refractivity contribution in [2.45, 2.75) is 20.8 Å². The molecule has 5 heterocycles. The van der Waals surface area contributed by atoms with Crippen LogP contribution in [0.4, 0.5) is 0 Å². The van der Waals surface area contributed by atoms with Gasteiger partial charge in [0.2, 0.25) is 0 Å². The Hall–Kier alpha value is -6.01. The van der Waals surface area contributed by atoms with E-state index < -0.39 is 0 Å². The van der Waals surface area contributed by atoms with Crippen molar-refractivity contribution < 1.29 is 4.74 Å². The maximum absolute atomic E-state index is 6.56. The molecular weight excluding hydrogens is 566 g/mol. The van der Waals surface area contributed by atoms with E-state index in [2.05, 4.69) is 109 Å². The van der Waals surface area contributed by atoms with Crippen LogP contribution < -0.4 is 4.74 Å². The first-order chi connectivity index (χ1) is 22.5. The van der Waals surface area contributed by atoms with Gasteiger partial charge in [-0.3, -0.25) is 14.0 Å². The molecule has 9 aromatic rings. The third-order valence-electron chi connectivity index (χ3n) is 8.92. The van der Waals surface area contributed by atoms with Gasteiger partial charge in [-0.05, 0) is 92.6 Å². The van der Waals surface area contributed by atoms with Gasteiger partial charge in [0.25, 0.3) is 0 Å². The summed E-state index contributed by atoms with van der Waals surface area (Å²) in [5, 5.41) is 4.32. The minimum absolute atomic E-state index is 0.731. The summed E-state index contributed by atoms with van der Waals surface area (Å²) < 4.78 is 10.9. The monoisotopic (exact) mass is 595 g/mol. The molecule has 0 aliphatic rings. The van der Waals surface area contributed by atoms with Crippen LogP contribution >= 0.6 is 0 Å². The SMILES string of the molecule is Cc1cc(C)c(-c2cn3c4cccnc4c4ccc(Oc5cccc(-n6c7ccccc7c7cccnc76)c5)cc4c3n2)c(C)c1. The molecule has 0 saturated heterocycles. The first-order valence-electron chi connectivity index (χ1n) is 15.4. The van der Waals surface area contributed by atoms with Crippen molar-refractivity contribution in [2.24, 2.45) is 0 Å². The number of nitrogens with zero attached hydrogens (tertiary/aromatic N) is 5. The molecule has 0 fully saturated rings. The number of hydrogen-bond donors (Lipinski definition) is 0. The van der Waals surface area contributed by atoms with Crippen LogP contribution in [0.2, 0.25) is 0 Å². The fraction of sp³-hybridized carbons (Fsp3) is 0.0750. The van der Waals surface area contributed by atoms with Crippen LogP contribution in [0.1, 0.15) is 16.7 Å². The molecule has 0 unspecified atom stereocenters. The van der Waals surface area contributed by atoms with E-state index in [9.17, 15) is 0 Å². The van der Waals surface area contributed by atoms with Crippen molar-refractivity contribution >= 4 is 49.4 Å². The van der Waals surface area contributed by atoms with Gasteiger partial charge in [-0.15, -0.1) is 0 Å². The molecule has 0 aliphatic heterocycles. The van der Waals surface area contributed by atoms with E-state index in [1.807, 2.05) is 42.7 Å². The third kappa shape index (κ3) is 4.00. The second-order valence-corrected chi connectivity index (χ2v) is 12.0. The van der Waals surface area contributed by atoms with Gasteiger partial charge in [-0.2, -0.15) is 0 Å². The van der Waals surface area contributed by atoms with Crippen molar-refractivity contribution in [2.75, 3.05) is 0 Å². The number of imidazole rings is 1. The number of para-hydroxylation sites is 1. The lowest BCUT2D eigenvalue weighted by atomic mass is 9.98. The lowest BCUT2D eigenvalue weighted by Crippen LogP contribution is -1.96. The van der Waals surface area contributed by atoms with Gasteiger partial charge in [-0.25, -0.2) is 9.97 Å². The van der Waals surface area contributed by atoms with Gasteiger partial charge in [0.05, 0.1) is 27.9 Å². The van der Waals surface area contributed by atoms with Crippen LogP contribution in [0.3, 0.4) is 0 Å². The highest BCUT2D eigenvalue weighted by Gasteiger charge is 2.17. The average molecular weight is 596 g/mol. The highest BCUT2D eigenvalue weighted by Crippen LogP contribution is 2.37. The zero-order chi connectivity index (χ0) is 30.9. The van der Waals surface area contributed by atoms with Crippen LogP contribution in [0, 0.1) is 20.8 Å². The Balaban J connectivity index is 1.19. The van der Waals surface area contributed by atoms with E-state index in [1.165, 1.54) is 27.6 Å². The Bertz CT molecular complexity index is 2590. The predicted octanol–water partition coefficient (Wildman–Crippen LogP) is 9.91. The fourth-order valence-corrected chi connectivity index (χ4v) is 7.11. The Labute approximate surface area is 265 Å². The second-order valence-electron chi connectivity index (χ2n) is 12.0. The van der Waals surface area contributed by atoms with Crippen LogP contribution in [0.15, 0.2) is 122 Å². The fourth-order valence-electron chi connectivity index (χ4n) is 7.11. The Morgan fingerprint density at radius 2 is 1.35 bits per heavy atom. The zero-order valence-corrected chi connectivity index (χ0v) is 25.7. The molecule has 0 radical (unpaired) electrons. The quantitative estimate of drug-likeness (QED) is 0.190. The predicted molar refractivity (Wildman–Crippen MR) is 186 cm³/mol. The van der Waals surface area contributed by atoms with E-state index in [0.29, 0.717) is 0 Å². The van der Waals surface area contributed by atoms with E-state index in [0.717, 1.165) is 66.9 Å². The lowest BCUT2D eigenvalue weighted by molar-refractivity contribution is 0.483. The largest absolute Gasteiger partial charge is 0.457 e. The van der Waals surface area contributed by atoms with Crippen molar-refractivity contribution in [3.05, 3.63) is 138 Å². The van der Waals surface area contributed by atoms with Crippen molar-refractivity contribution in [3.63, 3.8) is 0 Å². The number of ether oxygens (including phenoxy) is 1. The molecule has 0 amide bonds. The zero-order valence-electron chi connectivity index (χ0n) is 25.7. The molecule has 0 saturated carbocycles. The topological polar surface area (TPSA) is 57.2 Å². The summed E-state index contributed by atoms with van der Waals surface area (Å²) in [6, 6.07) is 35.4. The molecule has 9 rings (SSSR count). The van der Waals surface area contributed by atoms with Crippen LogP contribution in [-0.2, 0) is 0 Å². The van der Waals surface area contributed by atoms with Gasteiger partial charge in [-0.1, -0.05) is 42.0 Å². The number of aromatic nitrogens is 5. The molecule has 0 aliphatic carbocycles. The highest BCUT2D eigenvalue weighted by atomic mass is 16.5. The minimum atomic E-state index is 0.731. The number of aryl methyl sites for hydroxylation is 3. The molecule has 46 heavy (non-hydrogen) atoms. The second kappa shape index (κ2) is 10.0. The summed E-state index contributed by atoms with van der Waals surface area (Å²) in [5.41, 5.74) is 11.6. The molecule has 0 bridgehead atoms. The minimum Gasteiger partial charge on any atom is -0.457 e. The standard InChI is InChI=1S/C40H29N5O/c1-24-19-25(2)37(26(3)20-24)34-23-44-36-14-8-17-41-38(36)31-16-15-29(22-33(31)40(44)43-34)46-28-10-6-9-27(21-28)45-35-13-5-4-11-30(35)32-12-7-18-42-39(32)45/h4-23H,1-3H3. The van der Waals surface area contributed by atoms with Gasteiger partial charge in [0.15, 0.2) is 0 Å². The van der Waals surface area contributed by atoms with Crippen molar-refractivity contribution in [1.82, 2.24) is 23.9 Å². The Kier molecular flexibility index (Phi) is 5.74. The number of fused-ring (bicyclic) bond motifs is 9. The van der Waals surface area contributed by atoms with Gasteiger partial charge < -0.3 is 4.74 Å². The molecular formula is C40H29N5O. The first-order valence-corrected chi connectivity index (χ1v) is 15.4. The summed E-state index contributed by atoms with van der Waals surface area (Å²) in [5.74, 6) is 1.47. The Morgan fingerprint density at radius 3 is 2.24 bits per heavy atom. The number of benzene rings is 4. The summed E-state index contributed by atoms with van der Waals surface area (Å²) in [6.07, 6.45) is 5.83. The number of pyridine rings is 3. The maximum Gasteiger partial charge on any atom is 0.146 e. The van der Waals surface area contributed by atoms with E-state index in [1.54, 1.807) is 0 Å². The van der Waals surface area contributed by atoms with E-state index in [4.69, 9.17) is 19.7 Å². The van der Waals surface area contributed by atoms with Crippen LogP contribution in [0.5, 0.6) is 11.5 Å². The average Bonchev–Trinajstić information content (AvgIpc) is 3.65. The molecule has 6 heteroatoms. The van der Waals surface area contributed by atoms with Crippen molar-refractivity contribution in [1.29, 1.82) is 0 Å². The summed E-state index contributed by atoms with van der Waals surface area (Å²) in [7, 11) is 0. The van der Waals surface area contributed by atoms with E-state index >= 15 is 0 Å². The normalized spacial score (nSPS) is 11.8. The van der Waals surface area contributed by atoms with Crippen LogP contribution in [0.25, 0.3) is 66.3 Å². The summed E-state index contributed by atoms with van der Waals surface area (Å²) in [4.78, 5) is 14.8. The lowest BCUT2D eigenvalue weighted by Gasteiger charge is -2.12. The molecule has 0 atom stereocenters. The Morgan fingerprint density at radius 1 is 0.587 bits per heavy atom. The summed E-state index contributed by atoms with van der Waals surface area (Å²) >= 11 is 0. The highest BCUT2D eigenvalue weighted by molar-refractivity contribution is 6.11. The van der Waals surface area contributed by atoms with Crippen molar-refractivity contribution in [3.8, 4) is 28.4 Å². The maximum atomic E-state index is 6.56. The third-order valence-corrected chi connectivity index (χ3v) is 8.92. The smallest absolute Gasteiger partial charge is 0.146 e. The number of hydrogen-bond acceptors (Lipinski definition) is 4. The van der Waals surface area contributed by atoms with Crippen LogP contribution in [-0.4, -0.2) is 23.9 Å². The molecule has 0 spiro atoms. The summed E-state index contributed by atoms with van der Waals surface area (Å²) in [6.45, 7) is 6.45. The molecule has 6 nitrogen and oxygen atoms in total. The first kappa shape index (κ1) is 26.4. The molecule has 220 valence electrons. The molecule has 0 N–H and O–H groups in total. The number of rotatable bonds is 4. The molecule has 4 aromatic carbocycles.